The van der Waals surface area contributed by atoms with Crippen molar-refractivity contribution in [1.82, 2.24) is 9.47 Å². The Hall–Kier alpha value is -1.36. The van der Waals surface area contributed by atoms with Gasteiger partial charge in [0.25, 0.3) is 0 Å². The van der Waals surface area contributed by atoms with Gasteiger partial charge in [0.1, 0.15) is 0 Å². The highest BCUT2D eigenvalue weighted by molar-refractivity contribution is 5.85. The highest BCUT2D eigenvalue weighted by atomic mass is 16.5. The lowest BCUT2D eigenvalue weighted by atomic mass is 10.1. The molecule has 2 N–H and O–H groups in total. The van der Waals surface area contributed by atoms with E-state index >= 15 is 0 Å². The first kappa shape index (κ1) is 13.6. The van der Waals surface area contributed by atoms with Crippen LogP contribution in [0.2, 0.25) is 0 Å². The topological polar surface area (TPSA) is 43.4 Å². The van der Waals surface area contributed by atoms with Gasteiger partial charge in [0, 0.05) is 56.9 Å². The zero-order chi connectivity index (χ0) is 14.1. The molecule has 1 aliphatic heterocycles. The lowest BCUT2D eigenvalue weighted by Gasteiger charge is -2.13. The number of nitrogens with zero attached hydrogens (tertiary/aromatic N) is 2. The lowest BCUT2D eigenvalue weighted by Crippen LogP contribution is -2.21. The molecule has 0 radical (unpaired) electrons. The third kappa shape index (κ3) is 2.35. The molecule has 1 aliphatic rings. The smallest absolute Gasteiger partial charge is 0.0593 e. The normalized spacial score (nSPS) is 15.2. The van der Waals surface area contributed by atoms with Gasteiger partial charge in [-0.2, -0.15) is 0 Å². The average molecular weight is 273 g/mol. The van der Waals surface area contributed by atoms with Crippen LogP contribution in [0.25, 0.3) is 10.9 Å². The number of aryl methyl sites for hydroxylation is 1. The number of hydrogen-bond donors (Lipinski definition) is 1. The molecule has 0 bridgehead atoms. The third-order valence-electron chi connectivity index (χ3n) is 4.16. The molecule has 2 aromatic rings. The van der Waals surface area contributed by atoms with Crippen molar-refractivity contribution in [2.75, 3.05) is 19.8 Å². The van der Waals surface area contributed by atoms with Crippen LogP contribution in [0.15, 0.2) is 18.3 Å². The number of fused-ring (bicyclic) bond motifs is 2. The molecule has 4 heteroatoms. The Bertz CT molecular complexity index is 618. The van der Waals surface area contributed by atoms with E-state index in [1.165, 1.54) is 27.6 Å². The monoisotopic (exact) mass is 273 g/mol. The van der Waals surface area contributed by atoms with Crippen molar-refractivity contribution in [3.8, 4) is 0 Å². The zero-order valence-electron chi connectivity index (χ0n) is 12.4. The second-order valence-corrected chi connectivity index (χ2v) is 5.52. The molecule has 0 fully saturated rings. The summed E-state index contributed by atoms with van der Waals surface area (Å²) >= 11 is 0. The predicted molar refractivity (Wildman–Crippen MR) is 81.4 cm³/mol. The standard InChI is InChI=1S/C16H23N3O/c1-3-20-5-4-19-10-12-6-15-14(8-17)9-18(2)16(15)7-13(12)11-19/h6-7,9H,3-5,8,10-11,17H2,1-2H3. The van der Waals surface area contributed by atoms with Gasteiger partial charge in [-0.15, -0.1) is 0 Å². The molecule has 108 valence electrons. The summed E-state index contributed by atoms with van der Waals surface area (Å²) < 4.78 is 7.63. The van der Waals surface area contributed by atoms with Crippen molar-refractivity contribution >= 4 is 10.9 Å². The van der Waals surface area contributed by atoms with Gasteiger partial charge in [0.05, 0.1) is 6.61 Å². The molecular weight excluding hydrogens is 250 g/mol. The Labute approximate surface area is 120 Å². The number of aromatic nitrogens is 1. The second kappa shape index (κ2) is 5.56. The van der Waals surface area contributed by atoms with E-state index in [4.69, 9.17) is 10.5 Å². The molecule has 0 amide bonds. The van der Waals surface area contributed by atoms with Crippen LogP contribution in [-0.4, -0.2) is 29.2 Å². The third-order valence-corrected chi connectivity index (χ3v) is 4.16. The van der Waals surface area contributed by atoms with E-state index < -0.39 is 0 Å². The Morgan fingerprint density at radius 1 is 1.25 bits per heavy atom. The van der Waals surface area contributed by atoms with Crippen molar-refractivity contribution in [2.24, 2.45) is 12.8 Å². The van der Waals surface area contributed by atoms with Crippen molar-refractivity contribution in [3.05, 3.63) is 35.0 Å². The van der Waals surface area contributed by atoms with E-state index in [0.717, 1.165) is 32.8 Å². The van der Waals surface area contributed by atoms with Crippen LogP contribution in [0.5, 0.6) is 0 Å². The van der Waals surface area contributed by atoms with E-state index in [-0.39, 0.29) is 0 Å². The Morgan fingerprint density at radius 3 is 2.70 bits per heavy atom. The fraction of sp³-hybridized carbons (Fsp3) is 0.500. The minimum Gasteiger partial charge on any atom is -0.380 e. The number of nitrogens with two attached hydrogens (primary N) is 1. The quantitative estimate of drug-likeness (QED) is 0.847. The van der Waals surface area contributed by atoms with Crippen molar-refractivity contribution < 1.29 is 4.74 Å². The van der Waals surface area contributed by atoms with E-state index in [9.17, 15) is 0 Å². The summed E-state index contributed by atoms with van der Waals surface area (Å²) in [6, 6.07) is 4.65. The minimum atomic E-state index is 0.601. The van der Waals surface area contributed by atoms with Crippen LogP contribution in [0.4, 0.5) is 0 Å². The average Bonchev–Trinajstić information content (AvgIpc) is 2.98. The first-order valence-corrected chi connectivity index (χ1v) is 7.32. The number of benzene rings is 1. The van der Waals surface area contributed by atoms with Crippen LogP contribution in [0, 0.1) is 0 Å². The second-order valence-electron chi connectivity index (χ2n) is 5.52. The molecule has 3 rings (SSSR count). The molecule has 1 aromatic heterocycles. The van der Waals surface area contributed by atoms with Crippen molar-refractivity contribution in [2.45, 2.75) is 26.6 Å². The summed E-state index contributed by atoms with van der Waals surface area (Å²) in [5.41, 5.74) is 11.2. The van der Waals surface area contributed by atoms with Crippen LogP contribution < -0.4 is 5.73 Å². The molecule has 1 aromatic carbocycles. The van der Waals surface area contributed by atoms with E-state index in [1.807, 2.05) is 6.92 Å². The van der Waals surface area contributed by atoms with Gasteiger partial charge in [-0.1, -0.05) is 0 Å². The molecular formula is C16H23N3O. The summed E-state index contributed by atoms with van der Waals surface area (Å²) in [6.07, 6.45) is 2.15. The number of hydrogen-bond acceptors (Lipinski definition) is 3. The minimum absolute atomic E-state index is 0.601. The fourth-order valence-corrected chi connectivity index (χ4v) is 3.09. The van der Waals surface area contributed by atoms with Gasteiger partial charge in [0.2, 0.25) is 0 Å². The summed E-state index contributed by atoms with van der Waals surface area (Å²) in [5.74, 6) is 0. The predicted octanol–water partition coefficient (Wildman–Crippen LogP) is 1.99. The number of ether oxygens (including phenoxy) is 1. The first-order valence-electron chi connectivity index (χ1n) is 7.32. The fourth-order valence-electron chi connectivity index (χ4n) is 3.09. The lowest BCUT2D eigenvalue weighted by molar-refractivity contribution is 0.113. The molecule has 2 heterocycles. The Morgan fingerprint density at radius 2 is 2.00 bits per heavy atom. The van der Waals surface area contributed by atoms with Gasteiger partial charge in [0.15, 0.2) is 0 Å². The molecule has 20 heavy (non-hydrogen) atoms. The van der Waals surface area contributed by atoms with Gasteiger partial charge >= 0.3 is 0 Å². The van der Waals surface area contributed by atoms with Gasteiger partial charge in [-0.25, -0.2) is 0 Å². The van der Waals surface area contributed by atoms with Gasteiger partial charge in [-0.05, 0) is 35.7 Å². The molecule has 0 unspecified atom stereocenters. The maximum atomic E-state index is 5.84. The number of rotatable bonds is 5. The largest absolute Gasteiger partial charge is 0.380 e. The van der Waals surface area contributed by atoms with Gasteiger partial charge in [-0.3, -0.25) is 4.90 Å². The summed E-state index contributed by atoms with van der Waals surface area (Å²) in [6.45, 7) is 7.31. The van der Waals surface area contributed by atoms with E-state index in [1.54, 1.807) is 0 Å². The van der Waals surface area contributed by atoms with E-state index in [2.05, 4.69) is 34.8 Å². The highest BCUT2D eigenvalue weighted by Crippen LogP contribution is 2.30. The molecule has 4 nitrogen and oxygen atoms in total. The maximum absolute atomic E-state index is 5.84. The van der Waals surface area contributed by atoms with Crippen molar-refractivity contribution in [1.29, 1.82) is 0 Å². The summed E-state index contributed by atoms with van der Waals surface area (Å²) in [4.78, 5) is 2.45. The highest BCUT2D eigenvalue weighted by Gasteiger charge is 2.20. The van der Waals surface area contributed by atoms with Gasteiger partial charge < -0.3 is 15.0 Å². The summed E-state index contributed by atoms with van der Waals surface area (Å²) in [7, 11) is 2.09. The maximum Gasteiger partial charge on any atom is 0.0593 e. The Kier molecular flexibility index (Phi) is 3.78. The summed E-state index contributed by atoms with van der Waals surface area (Å²) in [5, 5.41) is 1.31. The molecule has 0 saturated heterocycles. The molecule has 0 aliphatic carbocycles. The SMILES string of the molecule is CCOCCN1Cc2cc3c(CN)cn(C)c3cc2C1. The van der Waals surface area contributed by atoms with Crippen LogP contribution in [0.1, 0.15) is 23.6 Å². The van der Waals surface area contributed by atoms with Crippen molar-refractivity contribution in [3.63, 3.8) is 0 Å². The first-order chi connectivity index (χ1) is 9.72. The van der Waals surface area contributed by atoms with Crippen LogP contribution >= 0.6 is 0 Å². The van der Waals surface area contributed by atoms with E-state index in [0.29, 0.717) is 6.54 Å². The Balaban J connectivity index is 1.85. The van der Waals surface area contributed by atoms with Crippen LogP contribution in [-0.2, 0) is 31.4 Å². The molecule has 0 atom stereocenters. The van der Waals surface area contributed by atoms with Crippen LogP contribution in [0.3, 0.4) is 0 Å². The molecule has 0 saturated carbocycles. The zero-order valence-corrected chi connectivity index (χ0v) is 12.4. The molecule has 0 spiro atoms.